The van der Waals surface area contributed by atoms with Crippen LogP contribution in [0.15, 0.2) is 24.3 Å². The first kappa shape index (κ1) is 32.0. The van der Waals surface area contributed by atoms with Crippen molar-refractivity contribution >= 4 is 47.0 Å². The van der Waals surface area contributed by atoms with Crippen LogP contribution < -0.4 is 32.2 Å². The smallest absolute Gasteiger partial charge is 0.307 e. The van der Waals surface area contributed by atoms with Gasteiger partial charge in [-0.2, -0.15) is 0 Å². The third-order valence-electron chi connectivity index (χ3n) is 5.56. The maximum absolute atomic E-state index is 12.2. The SMILES string of the molecule is COC(=O)CC(CC(=O)OC)NCCOc1ccc(CCCCNC(=N)NC(=O)c2nc(Cl)c(N)nc2N)cc1. The summed E-state index contributed by atoms with van der Waals surface area (Å²) in [5.41, 5.74) is 12.1. The topological polar surface area (TPSA) is 217 Å². The Morgan fingerprint density at radius 1 is 0.975 bits per heavy atom. The average molecular weight is 579 g/mol. The number of nitrogens with two attached hydrogens (primary N) is 2. The first-order valence-electron chi connectivity index (χ1n) is 12.4. The number of ether oxygens (including phenoxy) is 3. The van der Waals surface area contributed by atoms with Crippen molar-refractivity contribution in [2.24, 2.45) is 0 Å². The van der Waals surface area contributed by atoms with Crippen LogP contribution in [-0.2, 0) is 25.5 Å². The van der Waals surface area contributed by atoms with E-state index in [-0.39, 0.29) is 41.3 Å². The number of amides is 1. The minimum absolute atomic E-state index is 0.0504. The fourth-order valence-corrected chi connectivity index (χ4v) is 3.59. The molecule has 0 aliphatic heterocycles. The lowest BCUT2D eigenvalue weighted by atomic mass is 10.1. The Labute approximate surface area is 237 Å². The second-order valence-corrected chi connectivity index (χ2v) is 8.91. The standard InChI is InChI=1S/C25H35ClN8O6/c1-38-18(35)13-16(14-19(36)39-2)30-11-12-40-17-8-6-15(7-9-17)5-3-4-10-31-25(29)34-24(37)20-22(27)33-23(28)21(26)32-20/h6-9,16,30H,3-5,10-14H2,1-2H3,(H4,27,28,33)(H3,29,31,34,37). The summed E-state index contributed by atoms with van der Waals surface area (Å²) in [6.45, 7) is 1.25. The molecule has 0 aliphatic rings. The number of unbranched alkanes of at least 4 members (excludes halogenated alkanes) is 1. The van der Waals surface area contributed by atoms with Crippen LogP contribution in [0, 0.1) is 5.41 Å². The van der Waals surface area contributed by atoms with E-state index in [9.17, 15) is 14.4 Å². The van der Waals surface area contributed by atoms with Gasteiger partial charge in [-0.05, 0) is 37.0 Å². The minimum atomic E-state index is -0.718. The van der Waals surface area contributed by atoms with Gasteiger partial charge in [-0.25, -0.2) is 9.97 Å². The summed E-state index contributed by atoms with van der Waals surface area (Å²) in [4.78, 5) is 42.9. The number of anilines is 2. The number of guanidine groups is 1. The monoisotopic (exact) mass is 578 g/mol. The Kier molecular flexibility index (Phi) is 13.4. The van der Waals surface area contributed by atoms with E-state index < -0.39 is 23.9 Å². The number of hydrogen-bond donors (Lipinski definition) is 6. The number of esters is 2. The van der Waals surface area contributed by atoms with Crippen molar-refractivity contribution in [2.45, 2.75) is 38.1 Å². The van der Waals surface area contributed by atoms with Gasteiger partial charge in [0.2, 0.25) is 0 Å². The van der Waals surface area contributed by atoms with E-state index >= 15 is 0 Å². The molecule has 0 aliphatic carbocycles. The van der Waals surface area contributed by atoms with Gasteiger partial charge in [0.05, 0.1) is 27.1 Å². The van der Waals surface area contributed by atoms with Crippen molar-refractivity contribution in [1.82, 2.24) is 25.9 Å². The quantitative estimate of drug-likeness (QED) is 0.0755. The molecule has 0 saturated carbocycles. The molecule has 40 heavy (non-hydrogen) atoms. The number of carbonyl (C=O) groups is 3. The van der Waals surface area contributed by atoms with Crippen LogP contribution in [0.5, 0.6) is 5.75 Å². The molecule has 15 heteroatoms. The summed E-state index contributed by atoms with van der Waals surface area (Å²) in [5, 5.41) is 16.0. The van der Waals surface area contributed by atoms with Crippen LogP contribution in [0.2, 0.25) is 5.15 Å². The van der Waals surface area contributed by atoms with Crippen molar-refractivity contribution in [2.75, 3.05) is 45.4 Å². The highest BCUT2D eigenvalue weighted by molar-refractivity contribution is 6.31. The Morgan fingerprint density at radius 2 is 1.62 bits per heavy atom. The van der Waals surface area contributed by atoms with E-state index in [0.29, 0.717) is 25.4 Å². The van der Waals surface area contributed by atoms with Gasteiger partial charge in [0.1, 0.15) is 12.4 Å². The fraction of sp³-hybridized carbons (Fsp3) is 0.440. The van der Waals surface area contributed by atoms with Crippen molar-refractivity contribution < 1.29 is 28.6 Å². The number of nitrogens with zero attached hydrogens (tertiary/aromatic N) is 2. The zero-order chi connectivity index (χ0) is 29.5. The number of aryl methyl sites for hydroxylation is 1. The summed E-state index contributed by atoms with van der Waals surface area (Å²) in [6.07, 6.45) is 2.54. The molecule has 0 atom stereocenters. The Hall–Kier alpha value is -4.17. The van der Waals surface area contributed by atoms with Crippen molar-refractivity contribution in [3.8, 4) is 5.75 Å². The van der Waals surface area contributed by atoms with Crippen LogP contribution in [0.3, 0.4) is 0 Å². The molecule has 1 amide bonds. The Morgan fingerprint density at radius 3 is 2.25 bits per heavy atom. The lowest BCUT2D eigenvalue weighted by molar-refractivity contribution is -0.143. The molecule has 0 bridgehead atoms. The summed E-state index contributed by atoms with van der Waals surface area (Å²) in [7, 11) is 2.59. The summed E-state index contributed by atoms with van der Waals surface area (Å²) < 4.78 is 15.1. The lowest BCUT2D eigenvalue weighted by Gasteiger charge is -2.17. The van der Waals surface area contributed by atoms with Crippen LogP contribution in [0.4, 0.5) is 11.6 Å². The van der Waals surface area contributed by atoms with Gasteiger partial charge in [-0.15, -0.1) is 0 Å². The first-order valence-corrected chi connectivity index (χ1v) is 12.8. The average Bonchev–Trinajstić information content (AvgIpc) is 2.93. The maximum Gasteiger partial charge on any atom is 0.307 e. The van der Waals surface area contributed by atoms with Crippen LogP contribution in [0.25, 0.3) is 0 Å². The molecule has 14 nitrogen and oxygen atoms in total. The van der Waals surface area contributed by atoms with E-state index in [4.69, 9.17) is 33.2 Å². The molecule has 1 aromatic carbocycles. The zero-order valence-electron chi connectivity index (χ0n) is 22.4. The number of rotatable bonds is 15. The van der Waals surface area contributed by atoms with Crippen LogP contribution in [0.1, 0.15) is 41.7 Å². The molecule has 1 aromatic heterocycles. The van der Waals surface area contributed by atoms with Crippen molar-refractivity contribution in [3.05, 3.63) is 40.7 Å². The maximum atomic E-state index is 12.2. The lowest BCUT2D eigenvalue weighted by Crippen LogP contribution is -2.41. The van der Waals surface area contributed by atoms with E-state index in [0.717, 1.165) is 24.8 Å². The Balaban J connectivity index is 1.64. The molecule has 0 saturated heterocycles. The van der Waals surface area contributed by atoms with Crippen molar-refractivity contribution in [3.63, 3.8) is 0 Å². The summed E-state index contributed by atoms with van der Waals surface area (Å²) in [6, 6.07) is 7.28. The number of methoxy groups -OCH3 is 2. The van der Waals surface area contributed by atoms with E-state index in [2.05, 4.69) is 35.4 Å². The highest BCUT2D eigenvalue weighted by Gasteiger charge is 2.18. The second-order valence-electron chi connectivity index (χ2n) is 8.55. The molecule has 218 valence electrons. The summed E-state index contributed by atoms with van der Waals surface area (Å²) in [5.74, 6) is -1.32. The van der Waals surface area contributed by atoms with Gasteiger partial charge in [0.25, 0.3) is 5.91 Å². The molecular formula is C25H35ClN8O6. The number of halogens is 1. The zero-order valence-corrected chi connectivity index (χ0v) is 23.2. The molecule has 0 spiro atoms. The minimum Gasteiger partial charge on any atom is -0.492 e. The number of carbonyl (C=O) groups excluding carboxylic acids is 3. The largest absolute Gasteiger partial charge is 0.492 e. The van der Waals surface area contributed by atoms with Gasteiger partial charge < -0.3 is 36.3 Å². The second kappa shape index (κ2) is 16.7. The van der Waals surface area contributed by atoms with Gasteiger partial charge in [-0.3, -0.25) is 25.1 Å². The number of hydrogen-bond acceptors (Lipinski definition) is 12. The fourth-order valence-electron chi connectivity index (χ4n) is 3.46. The molecule has 0 fully saturated rings. The van der Waals surface area contributed by atoms with Gasteiger partial charge in [0.15, 0.2) is 28.4 Å². The van der Waals surface area contributed by atoms with Gasteiger partial charge >= 0.3 is 11.9 Å². The molecule has 1 heterocycles. The number of aromatic nitrogens is 2. The van der Waals surface area contributed by atoms with Crippen LogP contribution >= 0.6 is 11.6 Å². The summed E-state index contributed by atoms with van der Waals surface area (Å²) >= 11 is 5.78. The van der Waals surface area contributed by atoms with E-state index in [1.807, 2.05) is 24.3 Å². The normalized spacial score (nSPS) is 10.6. The molecule has 0 unspecified atom stereocenters. The number of benzene rings is 1. The third-order valence-corrected chi connectivity index (χ3v) is 5.84. The van der Waals surface area contributed by atoms with Crippen molar-refractivity contribution in [1.29, 1.82) is 5.41 Å². The van der Waals surface area contributed by atoms with E-state index in [1.54, 1.807) is 0 Å². The molecular weight excluding hydrogens is 544 g/mol. The van der Waals surface area contributed by atoms with Gasteiger partial charge in [-0.1, -0.05) is 23.7 Å². The predicted octanol–water partition coefficient (Wildman–Crippen LogP) is 1.03. The number of nitrogens with one attached hydrogen (secondary N) is 4. The molecule has 2 aromatic rings. The molecule has 0 radical (unpaired) electrons. The van der Waals surface area contributed by atoms with Crippen LogP contribution in [-0.4, -0.2) is 73.7 Å². The highest BCUT2D eigenvalue weighted by Crippen LogP contribution is 2.17. The number of nitrogen functional groups attached to an aromatic ring is 2. The first-order chi connectivity index (χ1) is 19.1. The molecule has 2 rings (SSSR count). The highest BCUT2D eigenvalue weighted by atomic mass is 35.5. The predicted molar refractivity (Wildman–Crippen MR) is 149 cm³/mol. The third kappa shape index (κ3) is 11.3. The Bertz CT molecular complexity index is 1150. The van der Waals surface area contributed by atoms with E-state index in [1.165, 1.54) is 14.2 Å². The van der Waals surface area contributed by atoms with Gasteiger partial charge in [0, 0.05) is 19.1 Å². The molecule has 8 N–H and O–H groups in total.